The van der Waals surface area contributed by atoms with Crippen LogP contribution in [0.3, 0.4) is 0 Å². The topological polar surface area (TPSA) is 76.0 Å². The van der Waals surface area contributed by atoms with Crippen LogP contribution in [0.2, 0.25) is 0 Å². The zero-order valence-electron chi connectivity index (χ0n) is 13.9. The van der Waals surface area contributed by atoms with E-state index in [9.17, 15) is 9.59 Å². The second kappa shape index (κ2) is 9.25. The van der Waals surface area contributed by atoms with Gasteiger partial charge in [-0.15, -0.1) is 0 Å². The van der Waals surface area contributed by atoms with Gasteiger partial charge in [-0.25, -0.2) is 9.79 Å². The molecule has 0 radical (unpaired) electrons. The minimum Gasteiger partial charge on any atom is -0.481 e. The lowest BCUT2D eigenvalue weighted by Crippen LogP contribution is -2.10. The molecule has 0 spiro atoms. The van der Waals surface area contributed by atoms with E-state index >= 15 is 0 Å². The van der Waals surface area contributed by atoms with E-state index in [1.807, 2.05) is 30.3 Å². The van der Waals surface area contributed by atoms with E-state index in [4.69, 9.17) is 9.84 Å². The number of benzene rings is 2. The van der Waals surface area contributed by atoms with Gasteiger partial charge in [-0.3, -0.25) is 4.79 Å². The lowest BCUT2D eigenvalue weighted by molar-refractivity contribution is -0.139. The number of carboxylic acids is 1. The molecule has 1 aliphatic rings. The third-order valence-corrected chi connectivity index (χ3v) is 5.99. The summed E-state index contributed by atoms with van der Waals surface area (Å²) in [5.74, 6) is 0.0463. The number of carbonyl (C=O) groups excluding carboxylic acids is 1. The molecule has 0 amide bonds. The molecule has 2 aromatic carbocycles. The molecule has 1 aliphatic heterocycles. The summed E-state index contributed by atoms with van der Waals surface area (Å²) in [4.78, 5) is 27.4. The molecule has 0 saturated heterocycles. The van der Waals surface area contributed by atoms with Crippen molar-refractivity contribution in [1.82, 2.24) is 0 Å². The van der Waals surface area contributed by atoms with Crippen LogP contribution in [0.15, 0.2) is 63.7 Å². The number of aliphatic imine (C=N–C) groups is 1. The predicted molar refractivity (Wildman–Crippen MR) is 113 cm³/mol. The zero-order chi connectivity index (χ0) is 19.2. The minimum absolute atomic E-state index is 0.144. The van der Waals surface area contributed by atoms with E-state index in [1.165, 1.54) is 11.8 Å². The summed E-state index contributed by atoms with van der Waals surface area (Å²) in [6.07, 6.45) is 1.62. The summed E-state index contributed by atoms with van der Waals surface area (Å²) >= 11 is 5.98. The van der Waals surface area contributed by atoms with Gasteiger partial charge in [0.1, 0.15) is 15.8 Å². The minimum atomic E-state index is -1.07. The van der Waals surface area contributed by atoms with Gasteiger partial charge in [0.25, 0.3) is 0 Å². The zero-order valence-corrected chi connectivity index (χ0v) is 17.1. The molecule has 27 heavy (non-hydrogen) atoms. The van der Waals surface area contributed by atoms with Crippen molar-refractivity contribution in [3.63, 3.8) is 0 Å². The van der Waals surface area contributed by atoms with Crippen LogP contribution in [0, 0.1) is 0 Å². The third kappa shape index (κ3) is 5.72. The maximum atomic E-state index is 12.3. The van der Waals surface area contributed by atoms with Crippen molar-refractivity contribution >= 4 is 61.0 Å². The summed E-state index contributed by atoms with van der Waals surface area (Å²) in [6.45, 7) is -0.456. The third-order valence-electron chi connectivity index (χ3n) is 3.42. The number of carbonyl (C=O) groups is 2. The first-order valence-corrected chi connectivity index (χ1v) is 10.4. The lowest BCUT2D eigenvalue weighted by atomic mass is 10.1. The average molecular weight is 464 g/mol. The summed E-state index contributed by atoms with van der Waals surface area (Å²) in [5, 5.41) is 8.66. The van der Waals surface area contributed by atoms with E-state index in [0.29, 0.717) is 21.4 Å². The molecule has 0 atom stereocenters. The Morgan fingerprint density at radius 1 is 1.26 bits per heavy atom. The fraction of sp³-hybridized carbons (Fsp3) is 0.105. The molecule has 0 saturated carbocycles. The fourth-order valence-electron chi connectivity index (χ4n) is 2.22. The molecule has 2 aromatic rings. The smallest absolute Gasteiger partial charge is 0.341 e. The van der Waals surface area contributed by atoms with Crippen molar-refractivity contribution in [2.75, 3.05) is 6.61 Å². The maximum absolute atomic E-state index is 12.3. The molecule has 5 nitrogen and oxygen atoms in total. The van der Waals surface area contributed by atoms with Crippen LogP contribution in [0.1, 0.15) is 11.1 Å². The number of nitrogens with zero attached hydrogens (tertiary/aromatic N) is 1. The number of thioether (sulfide) groups is 2. The van der Waals surface area contributed by atoms with Crippen LogP contribution in [0.25, 0.3) is 6.08 Å². The molecule has 138 valence electrons. The van der Waals surface area contributed by atoms with Gasteiger partial charge in [0, 0.05) is 15.8 Å². The molecule has 8 heteroatoms. The van der Waals surface area contributed by atoms with Crippen molar-refractivity contribution in [2.45, 2.75) is 5.75 Å². The van der Waals surface area contributed by atoms with Crippen molar-refractivity contribution in [1.29, 1.82) is 0 Å². The summed E-state index contributed by atoms with van der Waals surface area (Å²) in [5.41, 5.74) is 2.06. The molecular formula is C19H14BrNO4S2. The van der Waals surface area contributed by atoms with Crippen LogP contribution >= 0.6 is 39.5 Å². The Kier molecular flexibility index (Phi) is 6.76. The lowest BCUT2D eigenvalue weighted by Gasteiger charge is -2.07. The highest BCUT2D eigenvalue weighted by molar-refractivity contribution is 9.10. The SMILES string of the molecule is O=C(O)COc1ccc(Br)cc1C=C1N=C(SCc2ccccc2)SC1=O. The normalized spacial score (nSPS) is 15.1. The van der Waals surface area contributed by atoms with E-state index < -0.39 is 12.6 Å². The molecule has 0 aliphatic carbocycles. The van der Waals surface area contributed by atoms with E-state index in [-0.39, 0.29) is 5.12 Å². The Morgan fingerprint density at radius 3 is 2.78 bits per heavy atom. The molecule has 1 N–H and O–H groups in total. The highest BCUT2D eigenvalue weighted by Gasteiger charge is 2.23. The molecule has 0 fully saturated rings. The van der Waals surface area contributed by atoms with Gasteiger partial charge in [-0.1, -0.05) is 58.0 Å². The van der Waals surface area contributed by atoms with Gasteiger partial charge in [-0.05, 0) is 41.6 Å². The largest absolute Gasteiger partial charge is 0.481 e. The molecule has 1 heterocycles. The predicted octanol–water partition coefficient (Wildman–Crippen LogP) is 4.82. The van der Waals surface area contributed by atoms with E-state index in [2.05, 4.69) is 20.9 Å². The van der Waals surface area contributed by atoms with Crippen LogP contribution in [0.5, 0.6) is 5.75 Å². The van der Waals surface area contributed by atoms with Crippen molar-refractivity contribution in [3.05, 3.63) is 69.8 Å². The highest BCUT2D eigenvalue weighted by Crippen LogP contribution is 2.34. The average Bonchev–Trinajstić information content (AvgIpc) is 3.00. The van der Waals surface area contributed by atoms with Crippen LogP contribution in [-0.4, -0.2) is 27.2 Å². The molecule has 0 bridgehead atoms. The van der Waals surface area contributed by atoms with Gasteiger partial charge < -0.3 is 9.84 Å². The number of aliphatic carboxylic acids is 1. The van der Waals surface area contributed by atoms with Gasteiger partial charge in [-0.2, -0.15) is 0 Å². The number of halogens is 1. The Balaban J connectivity index is 1.77. The van der Waals surface area contributed by atoms with Crippen molar-refractivity contribution in [3.8, 4) is 5.75 Å². The number of carboxylic acid groups (broad SMARTS) is 1. The number of rotatable bonds is 6. The first-order valence-electron chi connectivity index (χ1n) is 7.85. The Labute approximate surface area is 173 Å². The maximum Gasteiger partial charge on any atom is 0.341 e. The highest BCUT2D eigenvalue weighted by atomic mass is 79.9. The second-order valence-corrected chi connectivity index (χ2v) is 8.54. The van der Waals surface area contributed by atoms with E-state index in [1.54, 1.807) is 24.3 Å². The molecule has 0 aromatic heterocycles. The first kappa shape index (κ1) is 19.7. The van der Waals surface area contributed by atoms with Crippen molar-refractivity contribution < 1.29 is 19.4 Å². The first-order chi connectivity index (χ1) is 13.0. The molecular weight excluding hydrogens is 450 g/mol. The molecule has 0 unspecified atom stereocenters. The summed E-state index contributed by atoms with van der Waals surface area (Å²) < 4.78 is 6.78. The Morgan fingerprint density at radius 2 is 2.04 bits per heavy atom. The van der Waals surface area contributed by atoms with E-state index in [0.717, 1.165) is 27.6 Å². The second-order valence-electron chi connectivity index (χ2n) is 5.44. The Bertz CT molecular complexity index is 929. The number of hydrogen-bond acceptors (Lipinski definition) is 6. The number of hydrogen-bond donors (Lipinski definition) is 1. The quantitative estimate of drug-likeness (QED) is 0.618. The van der Waals surface area contributed by atoms with Crippen LogP contribution in [-0.2, 0) is 15.3 Å². The Hall–Kier alpha value is -2.03. The fourth-order valence-corrected chi connectivity index (χ4v) is 4.40. The van der Waals surface area contributed by atoms with Crippen molar-refractivity contribution in [2.24, 2.45) is 4.99 Å². The van der Waals surface area contributed by atoms with Gasteiger partial charge in [0.05, 0.1) is 0 Å². The monoisotopic (exact) mass is 463 g/mol. The van der Waals surface area contributed by atoms with Gasteiger partial charge in [0.2, 0.25) is 5.12 Å². The van der Waals surface area contributed by atoms with Gasteiger partial charge in [0.15, 0.2) is 6.61 Å². The van der Waals surface area contributed by atoms with Crippen LogP contribution < -0.4 is 4.74 Å². The molecule has 3 rings (SSSR count). The van der Waals surface area contributed by atoms with Crippen LogP contribution in [0.4, 0.5) is 0 Å². The standard InChI is InChI=1S/C19H14BrNO4S2/c20-14-6-7-16(25-10-17(22)23)13(8-14)9-15-18(24)27-19(21-15)26-11-12-4-2-1-3-5-12/h1-9H,10-11H2,(H,22,23). The number of ether oxygens (including phenoxy) is 1. The van der Waals surface area contributed by atoms with Gasteiger partial charge >= 0.3 is 5.97 Å². The summed E-state index contributed by atoms with van der Waals surface area (Å²) in [7, 11) is 0. The summed E-state index contributed by atoms with van der Waals surface area (Å²) in [6, 6.07) is 15.1.